The van der Waals surface area contributed by atoms with Crippen molar-refractivity contribution in [2.75, 3.05) is 39.3 Å². The van der Waals surface area contributed by atoms with Crippen LogP contribution in [0.5, 0.6) is 0 Å². The zero-order valence-electron chi connectivity index (χ0n) is 13.2. The summed E-state index contributed by atoms with van der Waals surface area (Å²) in [5.74, 6) is 0.139. The van der Waals surface area contributed by atoms with Crippen molar-refractivity contribution in [1.29, 1.82) is 0 Å². The van der Waals surface area contributed by atoms with Gasteiger partial charge in [0, 0.05) is 51.1 Å². The van der Waals surface area contributed by atoms with Crippen LogP contribution in [0, 0.1) is 0 Å². The van der Waals surface area contributed by atoms with Crippen molar-refractivity contribution in [3.63, 3.8) is 0 Å². The van der Waals surface area contributed by atoms with Gasteiger partial charge in [0.05, 0.1) is 6.04 Å². The molecule has 1 atom stereocenters. The highest BCUT2D eigenvalue weighted by molar-refractivity contribution is 7.10. The molecule has 0 aliphatic carbocycles. The maximum Gasteiger partial charge on any atom is 0.315 e. The Kier molecular flexibility index (Phi) is 6.21. The summed E-state index contributed by atoms with van der Waals surface area (Å²) < 4.78 is 0. The minimum absolute atomic E-state index is 0.0270. The highest BCUT2D eigenvalue weighted by Gasteiger charge is 2.18. The number of hydrogen-bond acceptors (Lipinski definition) is 4. The van der Waals surface area contributed by atoms with Gasteiger partial charge in [0.1, 0.15) is 0 Å². The predicted octanol–water partition coefficient (Wildman–Crippen LogP) is 1.27. The summed E-state index contributed by atoms with van der Waals surface area (Å²) in [5, 5.41) is 7.83. The predicted molar refractivity (Wildman–Crippen MR) is 88.0 cm³/mol. The Hall–Kier alpha value is -1.60. The van der Waals surface area contributed by atoms with Crippen LogP contribution in [0.3, 0.4) is 0 Å². The van der Waals surface area contributed by atoms with Crippen molar-refractivity contribution < 1.29 is 9.59 Å². The number of nitrogens with zero attached hydrogens (tertiary/aromatic N) is 2. The number of carbonyl (C=O) groups is 2. The second-order valence-corrected chi connectivity index (χ2v) is 6.46. The van der Waals surface area contributed by atoms with E-state index in [2.05, 4.69) is 15.5 Å². The number of urea groups is 1. The molecule has 1 fully saturated rings. The van der Waals surface area contributed by atoms with Gasteiger partial charge in [-0.15, -0.1) is 11.3 Å². The molecule has 122 valence electrons. The number of piperazine rings is 1. The van der Waals surface area contributed by atoms with Gasteiger partial charge in [-0.25, -0.2) is 4.79 Å². The number of nitrogens with one attached hydrogen (secondary N) is 2. The summed E-state index contributed by atoms with van der Waals surface area (Å²) in [6.07, 6.45) is 0. The van der Waals surface area contributed by atoms with Crippen LogP contribution >= 0.6 is 11.3 Å². The number of thiophene rings is 1. The van der Waals surface area contributed by atoms with Gasteiger partial charge in [-0.1, -0.05) is 6.07 Å². The Morgan fingerprint density at radius 1 is 1.32 bits per heavy atom. The first-order valence-electron chi connectivity index (χ1n) is 7.62. The Balaban J connectivity index is 1.60. The van der Waals surface area contributed by atoms with E-state index in [4.69, 9.17) is 0 Å². The monoisotopic (exact) mass is 324 g/mol. The van der Waals surface area contributed by atoms with E-state index in [1.165, 1.54) is 0 Å². The van der Waals surface area contributed by atoms with Crippen molar-refractivity contribution in [1.82, 2.24) is 20.4 Å². The fourth-order valence-electron chi connectivity index (χ4n) is 2.47. The Morgan fingerprint density at radius 3 is 2.64 bits per heavy atom. The zero-order valence-corrected chi connectivity index (χ0v) is 14.0. The highest BCUT2D eigenvalue weighted by atomic mass is 32.1. The standard InChI is InChI=1S/C15H24N4O2S/c1-12(14-4-3-11-22-14)17-15(21)16-5-6-18-7-9-19(10-8-18)13(2)20/h3-4,11-12H,5-10H2,1-2H3,(H2,16,17,21)/t12-/m0/s1. The maximum absolute atomic E-state index is 11.8. The normalized spacial score (nSPS) is 17.1. The van der Waals surface area contributed by atoms with Crippen LogP contribution in [0.4, 0.5) is 4.79 Å². The Morgan fingerprint density at radius 2 is 2.05 bits per heavy atom. The second-order valence-electron chi connectivity index (χ2n) is 5.49. The van der Waals surface area contributed by atoms with Crippen molar-refractivity contribution in [3.05, 3.63) is 22.4 Å². The molecule has 6 nitrogen and oxygen atoms in total. The first kappa shape index (κ1) is 16.8. The summed E-state index contributed by atoms with van der Waals surface area (Å²) in [6, 6.07) is 3.89. The molecule has 1 aliphatic rings. The number of hydrogen-bond donors (Lipinski definition) is 2. The zero-order chi connectivity index (χ0) is 15.9. The van der Waals surface area contributed by atoms with E-state index in [1.807, 2.05) is 29.3 Å². The van der Waals surface area contributed by atoms with Crippen LogP contribution in [-0.4, -0.2) is 61.0 Å². The molecular formula is C15H24N4O2S. The summed E-state index contributed by atoms with van der Waals surface area (Å²) in [5.41, 5.74) is 0. The van der Waals surface area contributed by atoms with Crippen LogP contribution < -0.4 is 10.6 Å². The molecule has 2 N–H and O–H groups in total. The van der Waals surface area contributed by atoms with E-state index < -0.39 is 0 Å². The van der Waals surface area contributed by atoms with Crippen molar-refractivity contribution >= 4 is 23.3 Å². The number of amides is 3. The Labute approximate surface area is 135 Å². The number of rotatable bonds is 5. The summed E-state index contributed by atoms with van der Waals surface area (Å²) in [4.78, 5) is 28.4. The van der Waals surface area contributed by atoms with Crippen LogP contribution in [0.15, 0.2) is 17.5 Å². The third-order valence-electron chi connectivity index (χ3n) is 3.85. The molecule has 0 aromatic carbocycles. The largest absolute Gasteiger partial charge is 0.340 e. The molecule has 1 aliphatic heterocycles. The van der Waals surface area contributed by atoms with Gasteiger partial charge in [-0.2, -0.15) is 0 Å². The average molecular weight is 324 g/mol. The van der Waals surface area contributed by atoms with Crippen LogP contribution in [0.2, 0.25) is 0 Å². The third kappa shape index (κ3) is 4.99. The third-order valence-corrected chi connectivity index (χ3v) is 4.90. The molecule has 7 heteroatoms. The molecule has 0 saturated carbocycles. The van der Waals surface area contributed by atoms with Crippen molar-refractivity contribution in [2.45, 2.75) is 19.9 Å². The molecule has 0 bridgehead atoms. The maximum atomic E-state index is 11.8. The van der Waals surface area contributed by atoms with E-state index in [1.54, 1.807) is 18.3 Å². The van der Waals surface area contributed by atoms with Gasteiger partial charge in [0.25, 0.3) is 0 Å². The quantitative estimate of drug-likeness (QED) is 0.857. The van der Waals surface area contributed by atoms with Crippen LogP contribution in [0.1, 0.15) is 24.8 Å². The topological polar surface area (TPSA) is 64.7 Å². The van der Waals surface area contributed by atoms with Crippen LogP contribution in [0.25, 0.3) is 0 Å². The smallest absolute Gasteiger partial charge is 0.315 e. The summed E-state index contributed by atoms with van der Waals surface area (Å²) in [6.45, 7) is 8.30. The van der Waals surface area contributed by atoms with Gasteiger partial charge in [0.2, 0.25) is 5.91 Å². The first-order chi connectivity index (χ1) is 10.6. The molecule has 2 rings (SSSR count). The van der Waals surface area contributed by atoms with E-state index in [9.17, 15) is 9.59 Å². The van der Waals surface area contributed by atoms with E-state index in [0.29, 0.717) is 6.54 Å². The lowest BCUT2D eigenvalue weighted by Gasteiger charge is -2.34. The fraction of sp³-hybridized carbons (Fsp3) is 0.600. The van der Waals surface area contributed by atoms with Crippen molar-refractivity contribution in [2.24, 2.45) is 0 Å². The second kappa shape index (κ2) is 8.14. The lowest BCUT2D eigenvalue weighted by atomic mass is 10.3. The average Bonchev–Trinajstić information content (AvgIpc) is 3.02. The van der Waals surface area contributed by atoms with E-state index in [-0.39, 0.29) is 18.0 Å². The Bertz CT molecular complexity index is 484. The number of carbonyl (C=O) groups excluding carboxylic acids is 2. The molecule has 22 heavy (non-hydrogen) atoms. The molecule has 1 saturated heterocycles. The van der Waals surface area contributed by atoms with Gasteiger partial charge in [0.15, 0.2) is 0 Å². The minimum atomic E-state index is -0.136. The molecule has 0 radical (unpaired) electrons. The minimum Gasteiger partial charge on any atom is -0.340 e. The van der Waals surface area contributed by atoms with Gasteiger partial charge < -0.3 is 15.5 Å². The van der Waals surface area contributed by atoms with Gasteiger partial charge in [-0.05, 0) is 18.4 Å². The molecule has 2 heterocycles. The SMILES string of the molecule is CC(=O)N1CCN(CCNC(=O)N[C@@H](C)c2cccs2)CC1. The molecule has 0 unspecified atom stereocenters. The summed E-state index contributed by atoms with van der Waals surface area (Å²) in [7, 11) is 0. The van der Waals surface area contributed by atoms with Gasteiger partial charge >= 0.3 is 6.03 Å². The molecule has 1 aromatic rings. The molecule has 0 spiro atoms. The first-order valence-corrected chi connectivity index (χ1v) is 8.50. The molecule has 1 aromatic heterocycles. The molecular weight excluding hydrogens is 300 g/mol. The van der Waals surface area contributed by atoms with E-state index >= 15 is 0 Å². The van der Waals surface area contributed by atoms with Crippen LogP contribution in [-0.2, 0) is 4.79 Å². The lowest BCUT2D eigenvalue weighted by Crippen LogP contribution is -2.50. The highest BCUT2D eigenvalue weighted by Crippen LogP contribution is 2.17. The van der Waals surface area contributed by atoms with Crippen molar-refractivity contribution in [3.8, 4) is 0 Å². The fourth-order valence-corrected chi connectivity index (χ4v) is 3.20. The van der Waals surface area contributed by atoms with E-state index in [0.717, 1.165) is 37.6 Å². The summed E-state index contributed by atoms with van der Waals surface area (Å²) >= 11 is 1.64. The van der Waals surface area contributed by atoms with Gasteiger partial charge in [-0.3, -0.25) is 9.69 Å². The lowest BCUT2D eigenvalue weighted by molar-refractivity contribution is -0.130. The molecule has 3 amide bonds.